The van der Waals surface area contributed by atoms with Crippen molar-refractivity contribution in [2.45, 2.75) is 20.0 Å². The van der Waals surface area contributed by atoms with Crippen LogP contribution in [0, 0.1) is 6.92 Å². The third-order valence-corrected chi connectivity index (χ3v) is 5.99. The Balaban J connectivity index is 1.41. The number of amides is 4. The zero-order chi connectivity index (χ0) is 25.9. The van der Waals surface area contributed by atoms with Gasteiger partial charge in [-0.25, -0.2) is 9.69 Å². The van der Waals surface area contributed by atoms with E-state index in [1.807, 2.05) is 37.3 Å². The van der Waals surface area contributed by atoms with Gasteiger partial charge in [0.2, 0.25) is 6.79 Å². The number of anilines is 1. The first-order valence-electron chi connectivity index (χ1n) is 11.7. The predicted octanol–water partition coefficient (Wildman–Crippen LogP) is 4.70. The van der Waals surface area contributed by atoms with Crippen molar-refractivity contribution >= 4 is 29.6 Å². The summed E-state index contributed by atoms with van der Waals surface area (Å²) in [5, 5.41) is 2.24. The molecular formula is C29H24N2O6. The lowest BCUT2D eigenvalue weighted by atomic mass is 10.0. The molecule has 4 amide bonds. The Morgan fingerprint density at radius 3 is 2.57 bits per heavy atom. The van der Waals surface area contributed by atoms with E-state index in [0.29, 0.717) is 35.8 Å². The summed E-state index contributed by atoms with van der Waals surface area (Å²) in [7, 11) is 0. The molecule has 3 aromatic rings. The van der Waals surface area contributed by atoms with E-state index in [1.54, 1.807) is 30.3 Å². The second-order valence-electron chi connectivity index (χ2n) is 8.63. The van der Waals surface area contributed by atoms with Crippen molar-refractivity contribution in [3.05, 3.63) is 101 Å². The fourth-order valence-corrected chi connectivity index (χ4v) is 4.07. The standard InChI is InChI=1S/C29H24N2O6/c1-3-4-21-13-20(9-11-24(21)35-16-19-7-5-18(2)6-8-19)14-23-27(32)30-29(34)31(28(23)33)22-10-12-25-26(15-22)37-17-36-25/h3,5-15H,1,4,16-17H2,2H3,(H,30,32,34)/b23-14+. The van der Waals surface area contributed by atoms with Gasteiger partial charge in [-0.15, -0.1) is 6.58 Å². The van der Waals surface area contributed by atoms with Gasteiger partial charge in [-0.3, -0.25) is 14.9 Å². The number of carbonyl (C=O) groups excluding carboxylic acids is 3. The highest BCUT2D eigenvalue weighted by atomic mass is 16.7. The van der Waals surface area contributed by atoms with E-state index in [9.17, 15) is 14.4 Å². The zero-order valence-electron chi connectivity index (χ0n) is 20.2. The molecule has 0 atom stereocenters. The number of nitrogens with one attached hydrogen (secondary N) is 1. The normalized spacial score (nSPS) is 15.6. The van der Waals surface area contributed by atoms with Crippen LogP contribution < -0.4 is 24.4 Å². The number of imide groups is 2. The van der Waals surface area contributed by atoms with Crippen molar-refractivity contribution in [1.82, 2.24) is 5.32 Å². The van der Waals surface area contributed by atoms with Gasteiger partial charge in [0.05, 0.1) is 5.69 Å². The Bertz CT molecular complexity index is 1440. The van der Waals surface area contributed by atoms with Gasteiger partial charge in [-0.1, -0.05) is 42.0 Å². The number of allylic oxidation sites excluding steroid dienone is 1. The molecule has 0 saturated carbocycles. The maximum absolute atomic E-state index is 13.3. The lowest BCUT2D eigenvalue weighted by Crippen LogP contribution is -2.54. The van der Waals surface area contributed by atoms with Crippen molar-refractivity contribution in [3.8, 4) is 17.2 Å². The minimum Gasteiger partial charge on any atom is -0.489 e. The van der Waals surface area contributed by atoms with Crippen LogP contribution in [0.2, 0.25) is 0 Å². The molecule has 1 fully saturated rings. The van der Waals surface area contributed by atoms with E-state index in [1.165, 1.54) is 17.7 Å². The highest BCUT2D eigenvalue weighted by Crippen LogP contribution is 2.36. The number of ether oxygens (including phenoxy) is 3. The first kappa shape index (κ1) is 23.9. The van der Waals surface area contributed by atoms with Crippen molar-refractivity contribution in [2.75, 3.05) is 11.7 Å². The number of benzene rings is 3. The molecule has 0 aliphatic carbocycles. The topological polar surface area (TPSA) is 94.2 Å². The first-order chi connectivity index (χ1) is 17.9. The maximum atomic E-state index is 13.3. The lowest BCUT2D eigenvalue weighted by molar-refractivity contribution is -0.122. The number of nitrogens with zero attached hydrogens (tertiary/aromatic N) is 1. The van der Waals surface area contributed by atoms with E-state index in [4.69, 9.17) is 14.2 Å². The molecule has 2 aliphatic heterocycles. The second kappa shape index (κ2) is 10.0. The highest BCUT2D eigenvalue weighted by Gasteiger charge is 2.37. The molecule has 0 radical (unpaired) electrons. The zero-order valence-corrected chi connectivity index (χ0v) is 20.2. The Morgan fingerprint density at radius 2 is 1.78 bits per heavy atom. The summed E-state index contributed by atoms with van der Waals surface area (Å²) in [5.41, 5.74) is 3.77. The molecule has 8 nitrogen and oxygen atoms in total. The third kappa shape index (κ3) is 4.95. The van der Waals surface area contributed by atoms with Gasteiger partial charge in [-0.2, -0.15) is 0 Å². The number of hydrogen-bond acceptors (Lipinski definition) is 6. The molecule has 2 heterocycles. The van der Waals surface area contributed by atoms with Crippen molar-refractivity contribution in [1.29, 1.82) is 0 Å². The molecule has 5 rings (SSSR count). The Kier molecular flexibility index (Phi) is 6.47. The Hall–Kier alpha value is -4.85. The summed E-state index contributed by atoms with van der Waals surface area (Å²) in [6.07, 6.45) is 3.74. The van der Waals surface area contributed by atoms with Crippen LogP contribution >= 0.6 is 0 Å². The van der Waals surface area contributed by atoms with Crippen LogP contribution in [0.3, 0.4) is 0 Å². The number of aryl methyl sites for hydroxylation is 1. The first-order valence-corrected chi connectivity index (χ1v) is 11.7. The number of fused-ring (bicyclic) bond motifs is 1. The van der Waals surface area contributed by atoms with Gasteiger partial charge in [0, 0.05) is 6.07 Å². The van der Waals surface area contributed by atoms with Gasteiger partial charge < -0.3 is 14.2 Å². The number of barbiturate groups is 1. The van der Waals surface area contributed by atoms with E-state index in [-0.39, 0.29) is 18.1 Å². The predicted molar refractivity (Wildman–Crippen MR) is 137 cm³/mol. The fourth-order valence-electron chi connectivity index (χ4n) is 4.07. The lowest BCUT2D eigenvalue weighted by Gasteiger charge is -2.26. The van der Waals surface area contributed by atoms with Crippen LogP contribution in [0.5, 0.6) is 17.2 Å². The van der Waals surface area contributed by atoms with Crippen LogP contribution in [-0.4, -0.2) is 24.6 Å². The molecule has 37 heavy (non-hydrogen) atoms. The molecular weight excluding hydrogens is 472 g/mol. The quantitative estimate of drug-likeness (QED) is 0.290. The molecule has 0 bridgehead atoms. The van der Waals surface area contributed by atoms with Gasteiger partial charge in [0.25, 0.3) is 11.8 Å². The summed E-state index contributed by atoms with van der Waals surface area (Å²) in [4.78, 5) is 39.3. The van der Waals surface area contributed by atoms with Crippen LogP contribution in [0.25, 0.3) is 6.08 Å². The van der Waals surface area contributed by atoms with Crippen molar-refractivity contribution in [2.24, 2.45) is 0 Å². The average molecular weight is 497 g/mol. The molecule has 186 valence electrons. The van der Waals surface area contributed by atoms with E-state index in [0.717, 1.165) is 16.0 Å². The summed E-state index contributed by atoms with van der Waals surface area (Å²) >= 11 is 0. The molecule has 1 saturated heterocycles. The van der Waals surface area contributed by atoms with Crippen LogP contribution in [0.4, 0.5) is 10.5 Å². The monoisotopic (exact) mass is 496 g/mol. The van der Waals surface area contributed by atoms with Gasteiger partial charge in [0.1, 0.15) is 17.9 Å². The number of rotatable bonds is 7. The number of carbonyl (C=O) groups is 3. The van der Waals surface area contributed by atoms with Crippen molar-refractivity contribution < 1.29 is 28.6 Å². The van der Waals surface area contributed by atoms with E-state index < -0.39 is 17.8 Å². The van der Waals surface area contributed by atoms with Crippen LogP contribution in [0.1, 0.15) is 22.3 Å². The van der Waals surface area contributed by atoms with Crippen LogP contribution in [0.15, 0.2) is 78.9 Å². The molecule has 3 aromatic carbocycles. The minimum absolute atomic E-state index is 0.0559. The highest BCUT2D eigenvalue weighted by molar-refractivity contribution is 6.39. The summed E-state index contributed by atoms with van der Waals surface area (Å²) in [6.45, 7) is 6.31. The fraction of sp³-hybridized carbons (Fsp3) is 0.138. The van der Waals surface area contributed by atoms with Gasteiger partial charge in [0.15, 0.2) is 11.5 Å². The van der Waals surface area contributed by atoms with Crippen molar-refractivity contribution in [3.63, 3.8) is 0 Å². The molecule has 0 spiro atoms. The Morgan fingerprint density at radius 1 is 1.00 bits per heavy atom. The molecule has 1 N–H and O–H groups in total. The number of hydrogen-bond donors (Lipinski definition) is 1. The van der Waals surface area contributed by atoms with E-state index >= 15 is 0 Å². The third-order valence-electron chi connectivity index (χ3n) is 5.99. The SMILES string of the molecule is C=CCc1cc(/C=C2\C(=O)NC(=O)N(c3ccc4c(c3)OCO4)C2=O)ccc1OCc1ccc(C)cc1. The molecule has 0 aromatic heterocycles. The summed E-state index contributed by atoms with van der Waals surface area (Å²) in [6, 6.07) is 17.3. The second-order valence-corrected chi connectivity index (χ2v) is 8.63. The van der Waals surface area contributed by atoms with Gasteiger partial charge >= 0.3 is 6.03 Å². The maximum Gasteiger partial charge on any atom is 0.335 e. The molecule has 8 heteroatoms. The number of urea groups is 1. The average Bonchev–Trinajstić information content (AvgIpc) is 3.35. The van der Waals surface area contributed by atoms with E-state index in [2.05, 4.69) is 11.9 Å². The minimum atomic E-state index is -0.835. The van der Waals surface area contributed by atoms with Gasteiger partial charge in [-0.05, 0) is 60.4 Å². The Labute approximate surface area is 213 Å². The largest absolute Gasteiger partial charge is 0.489 e. The van der Waals surface area contributed by atoms with Crippen LogP contribution in [-0.2, 0) is 22.6 Å². The smallest absolute Gasteiger partial charge is 0.335 e. The molecule has 0 unspecified atom stereocenters. The summed E-state index contributed by atoms with van der Waals surface area (Å²) in [5.74, 6) is 0.101. The summed E-state index contributed by atoms with van der Waals surface area (Å²) < 4.78 is 16.7. The molecule has 2 aliphatic rings.